The molecule has 9 nitrogen and oxygen atoms in total. The molecule has 2 aliphatic heterocycles. The molecule has 176 valence electrons. The number of carbonyl (C=O) groups excluding carboxylic acids is 2. The predicted octanol–water partition coefficient (Wildman–Crippen LogP) is 3.72. The van der Waals surface area contributed by atoms with Gasteiger partial charge in [-0.3, -0.25) is 9.59 Å². The van der Waals surface area contributed by atoms with Crippen molar-refractivity contribution in [2.24, 2.45) is 5.10 Å². The number of amides is 2. The molecular weight excluding hydrogens is 474 g/mol. The molecule has 0 fully saturated rings. The lowest BCUT2D eigenvalue weighted by Crippen LogP contribution is -2.32. The fraction of sp³-hybridized carbons (Fsp3) is 0.0800. The second-order valence-electron chi connectivity index (χ2n) is 7.42. The Morgan fingerprint density at radius 2 is 1.54 bits per heavy atom. The van der Waals surface area contributed by atoms with E-state index in [-0.39, 0.29) is 19.3 Å². The van der Waals surface area contributed by atoms with Gasteiger partial charge in [-0.15, -0.1) is 0 Å². The number of benzene rings is 3. The third-order valence-corrected chi connectivity index (χ3v) is 5.43. The van der Waals surface area contributed by atoms with E-state index in [0.29, 0.717) is 44.7 Å². The van der Waals surface area contributed by atoms with Crippen LogP contribution in [0, 0.1) is 0 Å². The van der Waals surface area contributed by atoms with E-state index in [2.05, 4.69) is 15.8 Å². The van der Waals surface area contributed by atoms with Gasteiger partial charge < -0.3 is 24.3 Å². The Balaban J connectivity index is 1.37. The number of halogens is 1. The number of hydrogen-bond donors (Lipinski definition) is 2. The molecular formula is C25H18ClN3O6. The monoisotopic (exact) mass is 491 g/mol. The molecule has 3 aromatic carbocycles. The lowest BCUT2D eigenvalue weighted by molar-refractivity contribution is -0.117. The third kappa shape index (κ3) is 5.04. The van der Waals surface area contributed by atoms with E-state index in [1.54, 1.807) is 60.7 Å². The minimum absolute atomic E-state index is 0.0216. The van der Waals surface area contributed by atoms with Crippen LogP contribution in [0.25, 0.3) is 6.08 Å². The lowest BCUT2D eigenvalue weighted by Gasteiger charge is -2.09. The SMILES string of the molecule is O=C(N/N=C\c1cc2c(cc1Cl)OCO2)/C(=C\c1ccc2c(c1)OCO2)NC(=O)c1ccccc1. The Morgan fingerprint density at radius 1 is 0.857 bits per heavy atom. The molecule has 3 aromatic rings. The van der Waals surface area contributed by atoms with E-state index in [9.17, 15) is 9.59 Å². The Hall–Kier alpha value is -4.50. The van der Waals surface area contributed by atoms with E-state index in [4.69, 9.17) is 30.5 Å². The number of ether oxygens (including phenoxy) is 4. The highest BCUT2D eigenvalue weighted by molar-refractivity contribution is 6.33. The zero-order chi connectivity index (χ0) is 24.2. The third-order valence-electron chi connectivity index (χ3n) is 5.10. The van der Waals surface area contributed by atoms with Crippen LogP contribution >= 0.6 is 11.6 Å². The topological polar surface area (TPSA) is 107 Å². The van der Waals surface area contributed by atoms with Crippen molar-refractivity contribution in [2.45, 2.75) is 0 Å². The van der Waals surface area contributed by atoms with Crippen molar-refractivity contribution in [3.05, 3.63) is 88.1 Å². The molecule has 35 heavy (non-hydrogen) atoms. The zero-order valence-corrected chi connectivity index (χ0v) is 18.9. The summed E-state index contributed by atoms with van der Waals surface area (Å²) in [5.41, 5.74) is 3.93. The fourth-order valence-electron chi connectivity index (χ4n) is 3.36. The fourth-order valence-corrected chi connectivity index (χ4v) is 3.57. The first-order valence-corrected chi connectivity index (χ1v) is 10.8. The summed E-state index contributed by atoms with van der Waals surface area (Å²) in [7, 11) is 0. The van der Waals surface area contributed by atoms with E-state index in [1.807, 2.05) is 0 Å². The van der Waals surface area contributed by atoms with Gasteiger partial charge in [-0.1, -0.05) is 35.9 Å². The highest BCUT2D eigenvalue weighted by Gasteiger charge is 2.18. The van der Waals surface area contributed by atoms with Crippen LogP contribution in [0.5, 0.6) is 23.0 Å². The number of hydrazone groups is 1. The number of rotatable bonds is 6. The van der Waals surface area contributed by atoms with Crippen LogP contribution in [0.15, 0.2) is 71.5 Å². The van der Waals surface area contributed by atoms with Crippen LogP contribution in [0.3, 0.4) is 0 Å². The first-order valence-electron chi connectivity index (χ1n) is 10.5. The van der Waals surface area contributed by atoms with Crippen molar-refractivity contribution in [1.82, 2.24) is 10.7 Å². The minimum atomic E-state index is -0.639. The van der Waals surface area contributed by atoms with Crippen molar-refractivity contribution in [3.8, 4) is 23.0 Å². The van der Waals surface area contributed by atoms with Crippen molar-refractivity contribution in [1.29, 1.82) is 0 Å². The first kappa shape index (κ1) is 22.3. The second-order valence-corrected chi connectivity index (χ2v) is 7.82. The standard InChI is InChI=1S/C25H18ClN3O6/c26-18-11-23-22(34-14-35-23)10-17(18)12-27-29-25(31)19(28-24(30)16-4-2-1-3-5-16)8-15-6-7-20-21(9-15)33-13-32-20/h1-12H,13-14H2,(H,28,30)(H,29,31)/b19-8+,27-12-. The first-order chi connectivity index (χ1) is 17.1. The van der Waals surface area contributed by atoms with Crippen molar-refractivity contribution >= 4 is 35.7 Å². The van der Waals surface area contributed by atoms with E-state index in [1.165, 1.54) is 12.3 Å². The van der Waals surface area contributed by atoms with Gasteiger partial charge in [0.05, 0.1) is 11.2 Å². The van der Waals surface area contributed by atoms with Crippen molar-refractivity contribution < 1.29 is 28.5 Å². The summed E-state index contributed by atoms with van der Waals surface area (Å²) in [4.78, 5) is 25.7. The van der Waals surface area contributed by atoms with Gasteiger partial charge in [0.2, 0.25) is 13.6 Å². The number of carbonyl (C=O) groups is 2. The molecule has 2 heterocycles. The molecule has 2 N–H and O–H groups in total. The van der Waals surface area contributed by atoms with Crippen LogP contribution < -0.4 is 29.7 Å². The highest BCUT2D eigenvalue weighted by atomic mass is 35.5. The van der Waals surface area contributed by atoms with Gasteiger partial charge in [-0.2, -0.15) is 5.10 Å². The molecule has 0 bridgehead atoms. The van der Waals surface area contributed by atoms with Gasteiger partial charge in [0, 0.05) is 17.2 Å². The minimum Gasteiger partial charge on any atom is -0.454 e. The van der Waals surface area contributed by atoms with E-state index >= 15 is 0 Å². The summed E-state index contributed by atoms with van der Waals surface area (Å²) < 4.78 is 21.3. The molecule has 0 unspecified atom stereocenters. The predicted molar refractivity (Wildman–Crippen MR) is 128 cm³/mol. The number of nitrogens with zero attached hydrogens (tertiary/aromatic N) is 1. The molecule has 2 aliphatic rings. The van der Waals surface area contributed by atoms with Crippen LogP contribution in [0.1, 0.15) is 21.5 Å². The summed E-state index contributed by atoms with van der Waals surface area (Å²) >= 11 is 6.25. The van der Waals surface area contributed by atoms with Crippen molar-refractivity contribution in [2.75, 3.05) is 13.6 Å². The summed E-state index contributed by atoms with van der Waals surface area (Å²) in [5, 5.41) is 7.01. The number of nitrogens with one attached hydrogen (secondary N) is 2. The van der Waals surface area contributed by atoms with Gasteiger partial charge >= 0.3 is 0 Å². The Bertz CT molecular complexity index is 1360. The molecule has 10 heteroatoms. The normalized spacial score (nSPS) is 13.7. The second kappa shape index (κ2) is 9.78. The molecule has 0 spiro atoms. The summed E-state index contributed by atoms with van der Waals surface area (Å²) in [6, 6.07) is 17.0. The van der Waals surface area contributed by atoms with E-state index in [0.717, 1.165) is 0 Å². The van der Waals surface area contributed by atoms with E-state index < -0.39 is 11.8 Å². The summed E-state index contributed by atoms with van der Waals surface area (Å²) in [6.07, 6.45) is 2.89. The van der Waals surface area contributed by atoms with Crippen LogP contribution in [-0.2, 0) is 4.79 Å². The molecule has 0 saturated heterocycles. The largest absolute Gasteiger partial charge is 0.454 e. The van der Waals surface area contributed by atoms with Crippen LogP contribution in [0.4, 0.5) is 0 Å². The molecule has 0 aromatic heterocycles. The van der Waals surface area contributed by atoms with Crippen molar-refractivity contribution in [3.63, 3.8) is 0 Å². The highest BCUT2D eigenvalue weighted by Crippen LogP contribution is 2.36. The quantitative estimate of drug-likeness (QED) is 0.309. The van der Waals surface area contributed by atoms with Gasteiger partial charge in [0.15, 0.2) is 23.0 Å². The Kier molecular flexibility index (Phi) is 6.23. The zero-order valence-electron chi connectivity index (χ0n) is 18.1. The molecule has 0 radical (unpaired) electrons. The lowest BCUT2D eigenvalue weighted by atomic mass is 10.1. The maximum Gasteiger partial charge on any atom is 0.287 e. The van der Waals surface area contributed by atoms with Gasteiger partial charge in [0.1, 0.15) is 5.70 Å². The maximum atomic E-state index is 13.0. The molecule has 0 saturated carbocycles. The molecule has 2 amide bonds. The van der Waals surface area contributed by atoms with Gasteiger partial charge in [-0.25, -0.2) is 5.43 Å². The number of fused-ring (bicyclic) bond motifs is 2. The van der Waals surface area contributed by atoms with Gasteiger partial charge in [-0.05, 0) is 42.0 Å². The Labute approximate surface area is 204 Å². The maximum absolute atomic E-state index is 13.0. The summed E-state index contributed by atoms with van der Waals surface area (Å²) in [6.45, 7) is 0.232. The van der Waals surface area contributed by atoms with Crippen LogP contribution in [0.2, 0.25) is 5.02 Å². The Morgan fingerprint density at radius 3 is 2.31 bits per heavy atom. The molecule has 0 aliphatic carbocycles. The van der Waals surface area contributed by atoms with Gasteiger partial charge in [0.25, 0.3) is 11.8 Å². The average Bonchev–Trinajstić information content (AvgIpc) is 3.52. The smallest absolute Gasteiger partial charge is 0.287 e. The molecule has 5 rings (SSSR count). The average molecular weight is 492 g/mol. The molecule has 0 atom stereocenters. The number of hydrogen-bond acceptors (Lipinski definition) is 7. The summed E-state index contributed by atoms with van der Waals surface area (Å²) in [5.74, 6) is 1.13. The van der Waals surface area contributed by atoms with Crippen LogP contribution in [-0.4, -0.2) is 31.6 Å².